The molecule has 6 heteroatoms. The van der Waals surface area contributed by atoms with Crippen molar-refractivity contribution in [3.05, 3.63) is 35.4 Å². The van der Waals surface area contributed by atoms with Crippen LogP contribution in [-0.4, -0.2) is 17.0 Å². The minimum Gasteiger partial charge on any atom is -0.481 e. The lowest BCUT2D eigenvalue weighted by atomic mass is 10.2. The van der Waals surface area contributed by atoms with Crippen LogP contribution in [0.15, 0.2) is 18.2 Å². The molecule has 1 saturated carbocycles. The zero-order valence-electron chi connectivity index (χ0n) is 9.32. The highest BCUT2D eigenvalue weighted by Gasteiger charge is 2.48. The van der Waals surface area contributed by atoms with E-state index in [9.17, 15) is 18.4 Å². The predicted octanol–water partition coefficient (Wildman–Crippen LogP) is 1.30. The summed E-state index contributed by atoms with van der Waals surface area (Å²) in [7, 11) is 0. The maximum absolute atomic E-state index is 12.9. The molecule has 0 heterocycles. The van der Waals surface area contributed by atoms with Crippen LogP contribution < -0.4 is 5.32 Å². The zero-order chi connectivity index (χ0) is 13.3. The van der Waals surface area contributed by atoms with Crippen molar-refractivity contribution in [1.29, 1.82) is 0 Å². The molecule has 0 aliphatic heterocycles. The second kappa shape index (κ2) is 4.72. The first-order chi connectivity index (χ1) is 8.47. The lowest BCUT2D eigenvalue weighted by molar-refractivity contribution is -0.140. The summed E-state index contributed by atoms with van der Waals surface area (Å²) in [5, 5.41) is 11.1. The molecular formula is C12H11F2NO3. The van der Waals surface area contributed by atoms with E-state index >= 15 is 0 Å². The molecule has 2 N–H and O–H groups in total. The summed E-state index contributed by atoms with van der Waals surface area (Å²) in [6.07, 6.45) is 0.318. The SMILES string of the molecule is O=C(NCc1cc(F)cc(F)c1)[C@H]1C[C@H]1C(=O)O. The summed E-state index contributed by atoms with van der Waals surface area (Å²) >= 11 is 0. The summed E-state index contributed by atoms with van der Waals surface area (Å²) < 4.78 is 25.7. The third-order valence-corrected chi connectivity index (χ3v) is 2.83. The van der Waals surface area contributed by atoms with Crippen LogP contribution in [0.5, 0.6) is 0 Å². The average Bonchev–Trinajstić information content (AvgIpc) is 3.04. The van der Waals surface area contributed by atoms with Crippen LogP contribution in [0, 0.1) is 23.5 Å². The van der Waals surface area contributed by atoms with Crippen molar-refractivity contribution in [2.75, 3.05) is 0 Å². The number of halogens is 2. The van der Waals surface area contributed by atoms with E-state index in [0.29, 0.717) is 12.0 Å². The molecule has 1 aromatic carbocycles. The highest BCUT2D eigenvalue weighted by Crippen LogP contribution is 2.38. The molecule has 2 rings (SSSR count). The summed E-state index contributed by atoms with van der Waals surface area (Å²) in [6, 6.07) is 2.97. The number of carbonyl (C=O) groups is 2. The van der Waals surface area contributed by atoms with Gasteiger partial charge in [0.1, 0.15) is 11.6 Å². The van der Waals surface area contributed by atoms with E-state index in [1.54, 1.807) is 0 Å². The number of carboxylic acid groups (broad SMARTS) is 1. The number of rotatable bonds is 4. The zero-order valence-corrected chi connectivity index (χ0v) is 9.32. The normalized spacial score (nSPS) is 21.4. The molecule has 0 bridgehead atoms. The fourth-order valence-electron chi connectivity index (χ4n) is 1.79. The van der Waals surface area contributed by atoms with E-state index in [1.165, 1.54) is 0 Å². The summed E-state index contributed by atoms with van der Waals surface area (Å²) in [5.74, 6) is -3.97. The van der Waals surface area contributed by atoms with Crippen molar-refractivity contribution in [2.45, 2.75) is 13.0 Å². The molecule has 1 fully saturated rings. The van der Waals surface area contributed by atoms with Crippen LogP contribution in [0.3, 0.4) is 0 Å². The van der Waals surface area contributed by atoms with E-state index in [1.807, 2.05) is 0 Å². The maximum atomic E-state index is 12.9. The van der Waals surface area contributed by atoms with Gasteiger partial charge in [-0.3, -0.25) is 9.59 Å². The fraction of sp³-hybridized carbons (Fsp3) is 0.333. The van der Waals surface area contributed by atoms with Gasteiger partial charge in [0.05, 0.1) is 11.8 Å². The molecule has 1 aromatic rings. The van der Waals surface area contributed by atoms with Crippen LogP contribution in [0.25, 0.3) is 0 Å². The van der Waals surface area contributed by atoms with Gasteiger partial charge in [-0.2, -0.15) is 0 Å². The first-order valence-electron chi connectivity index (χ1n) is 5.43. The number of nitrogens with one attached hydrogen (secondary N) is 1. The molecule has 0 unspecified atom stereocenters. The molecule has 0 aromatic heterocycles. The highest BCUT2D eigenvalue weighted by atomic mass is 19.1. The van der Waals surface area contributed by atoms with Crippen LogP contribution >= 0.6 is 0 Å². The van der Waals surface area contributed by atoms with Gasteiger partial charge in [-0.1, -0.05) is 0 Å². The number of hydrogen-bond donors (Lipinski definition) is 2. The van der Waals surface area contributed by atoms with Gasteiger partial charge in [0.2, 0.25) is 5.91 Å². The van der Waals surface area contributed by atoms with Gasteiger partial charge in [-0.05, 0) is 24.1 Å². The van der Waals surface area contributed by atoms with Gasteiger partial charge in [-0.15, -0.1) is 0 Å². The Hall–Kier alpha value is -1.98. The maximum Gasteiger partial charge on any atom is 0.307 e. The average molecular weight is 255 g/mol. The lowest BCUT2D eigenvalue weighted by Gasteiger charge is -2.05. The molecule has 1 amide bonds. The van der Waals surface area contributed by atoms with Gasteiger partial charge in [0, 0.05) is 12.6 Å². The minimum atomic E-state index is -0.994. The second-order valence-corrected chi connectivity index (χ2v) is 4.28. The Balaban J connectivity index is 1.88. The number of amides is 1. The summed E-state index contributed by atoms with van der Waals surface area (Å²) in [4.78, 5) is 22.1. The van der Waals surface area contributed by atoms with Crippen molar-refractivity contribution in [3.8, 4) is 0 Å². The quantitative estimate of drug-likeness (QED) is 0.852. The Morgan fingerprint density at radius 2 is 1.83 bits per heavy atom. The third-order valence-electron chi connectivity index (χ3n) is 2.83. The Morgan fingerprint density at radius 1 is 1.22 bits per heavy atom. The molecule has 1 aliphatic carbocycles. The molecule has 96 valence electrons. The molecule has 2 atom stereocenters. The topological polar surface area (TPSA) is 66.4 Å². The highest BCUT2D eigenvalue weighted by molar-refractivity contribution is 5.89. The van der Waals surface area contributed by atoms with Crippen LogP contribution in [0.1, 0.15) is 12.0 Å². The molecule has 18 heavy (non-hydrogen) atoms. The number of hydrogen-bond acceptors (Lipinski definition) is 2. The summed E-state index contributed by atoms with van der Waals surface area (Å²) in [5.41, 5.74) is 0.299. The second-order valence-electron chi connectivity index (χ2n) is 4.28. The number of benzene rings is 1. The first-order valence-corrected chi connectivity index (χ1v) is 5.43. The molecule has 4 nitrogen and oxygen atoms in total. The molecule has 0 saturated heterocycles. The molecule has 0 spiro atoms. The van der Waals surface area contributed by atoms with Crippen molar-refractivity contribution < 1.29 is 23.5 Å². The largest absolute Gasteiger partial charge is 0.481 e. The Labute approximate surface area is 102 Å². The lowest BCUT2D eigenvalue weighted by Crippen LogP contribution is -2.26. The van der Waals surface area contributed by atoms with Crippen LogP contribution in [0.2, 0.25) is 0 Å². The Kier molecular flexibility index (Phi) is 3.27. The van der Waals surface area contributed by atoms with E-state index < -0.39 is 35.3 Å². The van der Waals surface area contributed by atoms with Crippen molar-refractivity contribution in [1.82, 2.24) is 5.32 Å². The van der Waals surface area contributed by atoms with Crippen LogP contribution in [-0.2, 0) is 16.1 Å². The monoisotopic (exact) mass is 255 g/mol. The molecule has 0 radical (unpaired) electrons. The Bertz CT molecular complexity index is 484. The van der Waals surface area contributed by atoms with Crippen molar-refractivity contribution in [3.63, 3.8) is 0 Å². The van der Waals surface area contributed by atoms with Gasteiger partial charge < -0.3 is 10.4 Å². The fourth-order valence-corrected chi connectivity index (χ4v) is 1.79. The predicted molar refractivity (Wildman–Crippen MR) is 57.4 cm³/mol. The molecular weight excluding hydrogens is 244 g/mol. The Morgan fingerprint density at radius 3 is 2.33 bits per heavy atom. The van der Waals surface area contributed by atoms with Crippen molar-refractivity contribution in [2.24, 2.45) is 11.8 Å². The van der Waals surface area contributed by atoms with Gasteiger partial charge in [0.15, 0.2) is 0 Å². The van der Waals surface area contributed by atoms with Crippen LogP contribution in [0.4, 0.5) is 8.78 Å². The van der Waals surface area contributed by atoms with Gasteiger partial charge >= 0.3 is 5.97 Å². The van der Waals surface area contributed by atoms with E-state index in [2.05, 4.69) is 5.32 Å². The first kappa shape index (κ1) is 12.5. The van der Waals surface area contributed by atoms with E-state index in [4.69, 9.17) is 5.11 Å². The number of aliphatic carboxylic acids is 1. The molecule has 1 aliphatic rings. The van der Waals surface area contributed by atoms with E-state index in [-0.39, 0.29) is 6.54 Å². The van der Waals surface area contributed by atoms with Crippen molar-refractivity contribution >= 4 is 11.9 Å². The van der Waals surface area contributed by atoms with Gasteiger partial charge in [-0.25, -0.2) is 8.78 Å². The third kappa shape index (κ3) is 2.82. The number of carboxylic acids is 1. The smallest absolute Gasteiger partial charge is 0.307 e. The summed E-state index contributed by atoms with van der Waals surface area (Å²) in [6.45, 7) is -0.0175. The number of carbonyl (C=O) groups excluding carboxylic acids is 1. The standard InChI is InChI=1S/C12H11F2NO3/c13-7-1-6(2-8(14)3-7)5-15-11(16)9-4-10(9)12(17)18/h1-3,9-10H,4-5H2,(H,15,16)(H,17,18)/t9-,10+/m0/s1. The minimum absolute atomic E-state index is 0.0175. The van der Waals surface area contributed by atoms with E-state index in [0.717, 1.165) is 18.2 Å². The van der Waals surface area contributed by atoms with Gasteiger partial charge in [0.25, 0.3) is 0 Å².